The van der Waals surface area contributed by atoms with E-state index in [9.17, 15) is 19.7 Å². The molecular weight excluding hydrogens is 448 g/mol. The maximum Gasteiger partial charge on any atom is 0.269 e. The number of thioether (sulfide) groups is 2. The van der Waals surface area contributed by atoms with Gasteiger partial charge in [-0.05, 0) is 37.0 Å². The Kier molecular flexibility index (Phi) is 9.68. The fourth-order valence-corrected chi connectivity index (χ4v) is 6.22. The molecule has 1 aliphatic heterocycles. The van der Waals surface area contributed by atoms with Crippen molar-refractivity contribution in [3.63, 3.8) is 0 Å². The predicted octanol–water partition coefficient (Wildman–Crippen LogP) is 3.23. The molecule has 3 N–H and O–H groups in total. The van der Waals surface area contributed by atoms with E-state index in [1.165, 1.54) is 44.2 Å². The van der Waals surface area contributed by atoms with E-state index in [-0.39, 0.29) is 29.6 Å². The summed E-state index contributed by atoms with van der Waals surface area (Å²) in [5.41, 5.74) is 0.788. The number of carbonyl (C=O) groups excluding carboxylic acids is 2. The van der Waals surface area contributed by atoms with Crippen LogP contribution in [-0.4, -0.2) is 52.0 Å². The molecular formula is C22H32N4O4S2. The van der Waals surface area contributed by atoms with Gasteiger partial charge in [-0.1, -0.05) is 31.4 Å². The Bertz CT molecular complexity index is 781. The number of nitrogens with one attached hydrogen (secondary N) is 3. The van der Waals surface area contributed by atoms with Crippen molar-refractivity contribution in [1.29, 1.82) is 0 Å². The fourth-order valence-electron chi connectivity index (χ4n) is 4.01. The SMILES string of the molecule is C[C@@H](NC(=O)[C@H](CSCC1CCCCC1)NC(=O)[C@@H]1CSCN1)c1ccc([N+](=O)[O-])cc1. The highest BCUT2D eigenvalue weighted by Crippen LogP contribution is 2.27. The van der Waals surface area contributed by atoms with Gasteiger partial charge >= 0.3 is 0 Å². The van der Waals surface area contributed by atoms with Crippen molar-refractivity contribution >= 4 is 41.0 Å². The minimum Gasteiger partial charge on any atom is -0.348 e. The second-order valence-corrected chi connectivity index (χ2v) is 10.6. The van der Waals surface area contributed by atoms with E-state index in [1.807, 2.05) is 6.92 Å². The number of benzene rings is 1. The smallest absolute Gasteiger partial charge is 0.269 e. The topological polar surface area (TPSA) is 113 Å². The Labute approximate surface area is 197 Å². The molecule has 1 heterocycles. The highest BCUT2D eigenvalue weighted by molar-refractivity contribution is 7.99. The number of hydrogen-bond donors (Lipinski definition) is 3. The summed E-state index contributed by atoms with van der Waals surface area (Å²) < 4.78 is 0. The average molecular weight is 481 g/mol. The van der Waals surface area contributed by atoms with Crippen LogP contribution in [-0.2, 0) is 9.59 Å². The van der Waals surface area contributed by atoms with Gasteiger partial charge in [-0.25, -0.2) is 0 Å². The summed E-state index contributed by atoms with van der Waals surface area (Å²) in [6.07, 6.45) is 6.37. The van der Waals surface area contributed by atoms with Gasteiger partial charge in [0.05, 0.1) is 17.0 Å². The Morgan fingerprint density at radius 3 is 2.56 bits per heavy atom. The van der Waals surface area contributed by atoms with E-state index in [2.05, 4.69) is 16.0 Å². The summed E-state index contributed by atoms with van der Waals surface area (Å²) >= 11 is 3.40. The molecule has 0 bridgehead atoms. The van der Waals surface area contributed by atoms with Crippen LogP contribution in [0.1, 0.15) is 50.6 Å². The molecule has 1 saturated carbocycles. The second kappa shape index (κ2) is 12.5. The zero-order valence-corrected chi connectivity index (χ0v) is 20.0. The van der Waals surface area contributed by atoms with Crippen molar-refractivity contribution in [3.8, 4) is 0 Å². The van der Waals surface area contributed by atoms with E-state index in [0.717, 1.165) is 17.2 Å². The molecule has 2 amide bonds. The average Bonchev–Trinajstić information content (AvgIpc) is 3.34. The monoisotopic (exact) mass is 480 g/mol. The van der Waals surface area contributed by atoms with Crippen LogP contribution in [0.2, 0.25) is 0 Å². The van der Waals surface area contributed by atoms with Crippen LogP contribution in [0.5, 0.6) is 0 Å². The predicted molar refractivity (Wildman–Crippen MR) is 130 cm³/mol. The number of nitro groups is 1. The Morgan fingerprint density at radius 2 is 1.94 bits per heavy atom. The van der Waals surface area contributed by atoms with Crippen LogP contribution in [0.4, 0.5) is 5.69 Å². The van der Waals surface area contributed by atoms with Crippen molar-refractivity contribution < 1.29 is 14.5 Å². The van der Waals surface area contributed by atoms with Crippen molar-refractivity contribution in [2.24, 2.45) is 5.92 Å². The molecule has 0 unspecified atom stereocenters. The second-order valence-electron chi connectivity index (χ2n) is 8.45. The molecule has 3 rings (SSSR count). The first-order valence-electron chi connectivity index (χ1n) is 11.2. The number of nitro benzene ring substituents is 1. The quantitative estimate of drug-likeness (QED) is 0.348. The van der Waals surface area contributed by atoms with Crippen molar-refractivity contribution in [2.45, 2.75) is 57.2 Å². The largest absolute Gasteiger partial charge is 0.348 e. The highest BCUT2D eigenvalue weighted by Gasteiger charge is 2.28. The van der Waals surface area contributed by atoms with Crippen LogP contribution in [0.3, 0.4) is 0 Å². The van der Waals surface area contributed by atoms with Gasteiger partial charge in [-0.2, -0.15) is 11.8 Å². The molecule has 3 atom stereocenters. The first-order chi connectivity index (χ1) is 15.4. The number of non-ortho nitro benzene ring substituents is 1. The van der Waals surface area contributed by atoms with E-state index >= 15 is 0 Å². The lowest BCUT2D eigenvalue weighted by atomic mass is 9.91. The molecule has 8 nitrogen and oxygen atoms in total. The number of rotatable bonds is 10. The molecule has 32 heavy (non-hydrogen) atoms. The minimum atomic E-state index is -0.621. The summed E-state index contributed by atoms with van der Waals surface area (Å²) in [4.78, 5) is 36.1. The standard InChI is InChI=1S/C22H32N4O4S2/c1-15(17-7-9-18(10-8-17)26(29)30)24-22(28)20(25-21(27)19-12-32-14-23-19)13-31-11-16-5-3-2-4-6-16/h7-10,15-16,19-20,23H,2-6,11-14H2,1H3,(H,24,28)(H,25,27)/t15-,19+,20+/m1/s1. The summed E-state index contributed by atoms with van der Waals surface area (Å²) in [7, 11) is 0. The Balaban J connectivity index is 1.58. The molecule has 10 heteroatoms. The molecule has 0 spiro atoms. The molecule has 2 fully saturated rings. The molecule has 176 valence electrons. The molecule has 1 aromatic rings. The van der Waals surface area contributed by atoms with Gasteiger partial charge in [-0.15, -0.1) is 11.8 Å². The molecule has 2 aliphatic rings. The zero-order chi connectivity index (χ0) is 22.9. The third-order valence-corrected chi connectivity index (χ3v) is 8.21. The Hall–Kier alpha value is -1.78. The van der Waals surface area contributed by atoms with Gasteiger partial charge in [0.1, 0.15) is 6.04 Å². The normalized spacial score (nSPS) is 21.0. The molecule has 0 radical (unpaired) electrons. The summed E-state index contributed by atoms with van der Waals surface area (Å²) in [5, 5.41) is 19.9. The van der Waals surface area contributed by atoms with Crippen molar-refractivity contribution in [1.82, 2.24) is 16.0 Å². The van der Waals surface area contributed by atoms with E-state index in [4.69, 9.17) is 0 Å². The number of carbonyl (C=O) groups is 2. The van der Waals surface area contributed by atoms with Gasteiger partial charge in [0, 0.05) is 29.5 Å². The molecule has 1 saturated heterocycles. The maximum absolute atomic E-state index is 13.1. The zero-order valence-electron chi connectivity index (χ0n) is 18.4. The summed E-state index contributed by atoms with van der Waals surface area (Å²) in [6, 6.07) is 4.94. The van der Waals surface area contributed by atoms with Gasteiger partial charge in [0.15, 0.2) is 0 Å². The van der Waals surface area contributed by atoms with Crippen molar-refractivity contribution in [2.75, 3.05) is 23.1 Å². The van der Waals surface area contributed by atoms with Crippen LogP contribution in [0.25, 0.3) is 0 Å². The van der Waals surface area contributed by atoms with Gasteiger partial charge in [-0.3, -0.25) is 25.0 Å². The first kappa shape index (κ1) is 24.9. The van der Waals surface area contributed by atoms with Crippen molar-refractivity contribution in [3.05, 3.63) is 39.9 Å². The van der Waals surface area contributed by atoms with E-state index < -0.39 is 11.0 Å². The molecule has 1 aromatic carbocycles. The summed E-state index contributed by atoms with van der Waals surface area (Å²) in [6.45, 7) is 1.84. The van der Waals surface area contributed by atoms with Crippen LogP contribution < -0.4 is 16.0 Å². The molecule has 1 aliphatic carbocycles. The third kappa shape index (κ3) is 7.38. The van der Waals surface area contributed by atoms with E-state index in [0.29, 0.717) is 17.4 Å². The van der Waals surface area contributed by atoms with Gasteiger partial charge in [0.25, 0.3) is 5.69 Å². The lowest BCUT2D eigenvalue weighted by Crippen LogP contribution is -2.53. The maximum atomic E-state index is 13.1. The fraction of sp³-hybridized carbons (Fsp3) is 0.636. The van der Waals surface area contributed by atoms with Crippen LogP contribution in [0.15, 0.2) is 24.3 Å². The van der Waals surface area contributed by atoms with Gasteiger partial charge < -0.3 is 10.6 Å². The lowest BCUT2D eigenvalue weighted by molar-refractivity contribution is -0.384. The Morgan fingerprint density at radius 1 is 1.22 bits per heavy atom. The lowest BCUT2D eigenvalue weighted by Gasteiger charge is -2.25. The van der Waals surface area contributed by atoms with Gasteiger partial charge in [0.2, 0.25) is 11.8 Å². The molecule has 0 aromatic heterocycles. The van der Waals surface area contributed by atoms with E-state index in [1.54, 1.807) is 35.7 Å². The highest BCUT2D eigenvalue weighted by atomic mass is 32.2. The minimum absolute atomic E-state index is 0.0125. The first-order valence-corrected chi connectivity index (χ1v) is 13.5. The number of amides is 2. The summed E-state index contributed by atoms with van der Waals surface area (Å²) in [5.74, 6) is 3.30. The van der Waals surface area contributed by atoms with Crippen LogP contribution in [0, 0.1) is 16.0 Å². The number of hydrogen-bond acceptors (Lipinski definition) is 7. The third-order valence-electron chi connectivity index (χ3n) is 5.99. The number of nitrogens with zero attached hydrogens (tertiary/aromatic N) is 1. The van der Waals surface area contributed by atoms with Crippen LogP contribution >= 0.6 is 23.5 Å².